The molecule has 0 aromatic heterocycles. The van der Waals surface area contributed by atoms with Crippen LogP contribution in [0.5, 0.6) is 0 Å². The van der Waals surface area contributed by atoms with Crippen LogP contribution in [0.4, 0.5) is 5.69 Å². The minimum atomic E-state index is -0.840. The van der Waals surface area contributed by atoms with Crippen LogP contribution in [0.2, 0.25) is 0 Å². The lowest BCUT2D eigenvalue weighted by atomic mass is 9.87. The molecule has 104 valence electrons. The summed E-state index contributed by atoms with van der Waals surface area (Å²) in [4.78, 5) is 22.2. The number of anilines is 1. The number of carboxylic acid groups (broad SMARTS) is 1. The number of benzene rings is 1. The molecule has 0 aliphatic heterocycles. The van der Waals surface area contributed by atoms with Crippen LogP contribution < -0.4 is 11.1 Å². The van der Waals surface area contributed by atoms with Crippen molar-refractivity contribution in [1.82, 2.24) is 0 Å². The average molecular weight is 329 g/mol. The second-order valence-corrected chi connectivity index (χ2v) is 5.49. The molecule has 1 atom stereocenters. The summed E-state index contributed by atoms with van der Waals surface area (Å²) in [5.74, 6) is -1.34. The Morgan fingerprint density at radius 3 is 2.53 bits per heavy atom. The van der Waals surface area contributed by atoms with E-state index in [2.05, 4.69) is 21.2 Å². The van der Waals surface area contributed by atoms with Crippen molar-refractivity contribution in [2.75, 3.05) is 11.9 Å². The monoisotopic (exact) mass is 328 g/mol. The van der Waals surface area contributed by atoms with Gasteiger partial charge in [-0.15, -0.1) is 0 Å². The number of carbonyl (C=O) groups is 2. The molecule has 19 heavy (non-hydrogen) atoms. The summed E-state index contributed by atoms with van der Waals surface area (Å²) in [5.41, 5.74) is 5.47. The van der Waals surface area contributed by atoms with E-state index in [4.69, 9.17) is 5.73 Å². The molecule has 0 aliphatic carbocycles. The highest BCUT2D eigenvalue weighted by molar-refractivity contribution is 9.10. The third kappa shape index (κ3) is 3.70. The van der Waals surface area contributed by atoms with Crippen LogP contribution in [0, 0.1) is 5.41 Å². The molecule has 5 nitrogen and oxygen atoms in total. The number of primary amides is 1. The van der Waals surface area contributed by atoms with Crippen LogP contribution in [-0.4, -0.2) is 23.5 Å². The van der Waals surface area contributed by atoms with Gasteiger partial charge in [-0.1, -0.05) is 6.92 Å². The minimum Gasteiger partial charge on any atom is -0.481 e. The number of hydrogen-bond acceptors (Lipinski definition) is 3. The third-order valence-corrected chi connectivity index (χ3v) is 3.88. The maximum absolute atomic E-state index is 11.2. The minimum absolute atomic E-state index is 0.299. The van der Waals surface area contributed by atoms with Crippen LogP contribution in [0.15, 0.2) is 22.7 Å². The van der Waals surface area contributed by atoms with Crippen molar-refractivity contribution >= 4 is 33.5 Å². The van der Waals surface area contributed by atoms with Gasteiger partial charge in [-0.3, -0.25) is 9.59 Å². The number of aliphatic carboxylic acids is 1. The lowest BCUT2D eigenvalue weighted by Gasteiger charge is -2.24. The van der Waals surface area contributed by atoms with Crippen LogP contribution in [-0.2, 0) is 4.79 Å². The lowest BCUT2D eigenvalue weighted by molar-refractivity contribution is -0.147. The highest BCUT2D eigenvalue weighted by atomic mass is 79.9. The summed E-state index contributed by atoms with van der Waals surface area (Å²) in [6.07, 6.45) is 0.520. The first kappa shape index (κ1) is 15.5. The van der Waals surface area contributed by atoms with Gasteiger partial charge in [0.15, 0.2) is 0 Å². The normalized spacial score (nSPS) is 13.6. The van der Waals surface area contributed by atoms with E-state index in [1.165, 1.54) is 0 Å². The SMILES string of the molecule is CCC(C)(CNc1ccc(C(N)=O)cc1Br)C(=O)O. The predicted octanol–water partition coefficient (Wildman–Crippen LogP) is 2.46. The van der Waals surface area contributed by atoms with E-state index in [0.717, 1.165) is 5.69 Å². The molecule has 0 radical (unpaired) electrons. The fourth-order valence-corrected chi connectivity index (χ4v) is 1.97. The molecule has 6 heteroatoms. The summed E-state index contributed by atoms with van der Waals surface area (Å²) in [5, 5.41) is 12.3. The van der Waals surface area contributed by atoms with E-state index in [1.807, 2.05) is 6.92 Å². The van der Waals surface area contributed by atoms with Crippen molar-refractivity contribution in [3.63, 3.8) is 0 Å². The quantitative estimate of drug-likeness (QED) is 0.747. The van der Waals surface area contributed by atoms with E-state index < -0.39 is 17.3 Å². The number of halogens is 1. The topological polar surface area (TPSA) is 92.4 Å². The second kappa shape index (κ2) is 6.06. The zero-order valence-electron chi connectivity index (χ0n) is 10.9. The first-order valence-corrected chi connectivity index (χ1v) is 6.66. The van der Waals surface area contributed by atoms with Gasteiger partial charge in [-0.2, -0.15) is 0 Å². The smallest absolute Gasteiger partial charge is 0.311 e. The fourth-order valence-electron chi connectivity index (χ4n) is 1.45. The number of carbonyl (C=O) groups excluding carboxylic acids is 1. The number of nitrogens with two attached hydrogens (primary N) is 1. The number of nitrogens with one attached hydrogen (secondary N) is 1. The first-order chi connectivity index (χ1) is 8.80. The molecule has 1 rings (SSSR count). The molecule has 0 bridgehead atoms. The number of hydrogen-bond donors (Lipinski definition) is 3. The number of carboxylic acids is 1. The largest absolute Gasteiger partial charge is 0.481 e. The van der Waals surface area contributed by atoms with Gasteiger partial charge in [0.05, 0.1) is 5.41 Å². The highest BCUT2D eigenvalue weighted by Crippen LogP contribution is 2.27. The van der Waals surface area contributed by atoms with Gasteiger partial charge < -0.3 is 16.2 Å². The predicted molar refractivity (Wildman–Crippen MR) is 77.2 cm³/mol. The van der Waals surface area contributed by atoms with Crippen molar-refractivity contribution in [3.8, 4) is 0 Å². The first-order valence-electron chi connectivity index (χ1n) is 5.87. The van der Waals surface area contributed by atoms with Crippen LogP contribution in [0.1, 0.15) is 30.6 Å². The second-order valence-electron chi connectivity index (χ2n) is 4.63. The maximum atomic E-state index is 11.2. The molecular formula is C13H17BrN2O3. The molecule has 4 N–H and O–H groups in total. The summed E-state index contributed by atoms with van der Waals surface area (Å²) in [6, 6.07) is 4.90. The summed E-state index contributed by atoms with van der Waals surface area (Å²) < 4.78 is 0.674. The van der Waals surface area contributed by atoms with E-state index in [1.54, 1.807) is 25.1 Å². The van der Waals surface area contributed by atoms with Crippen molar-refractivity contribution in [3.05, 3.63) is 28.2 Å². The Hall–Kier alpha value is -1.56. The fraction of sp³-hybridized carbons (Fsp3) is 0.385. The van der Waals surface area contributed by atoms with Gasteiger partial charge in [0.1, 0.15) is 0 Å². The van der Waals surface area contributed by atoms with Gasteiger partial charge >= 0.3 is 5.97 Å². The average Bonchev–Trinajstić information content (AvgIpc) is 2.36. The Balaban J connectivity index is 2.84. The molecule has 0 saturated carbocycles. The third-order valence-electron chi connectivity index (χ3n) is 3.22. The van der Waals surface area contributed by atoms with Crippen LogP contribution >= 0.6 is 15.9 Å². The van der Waals surface area contributed by atoms with Gasteiger partial charge in [0, 0.05) is 22.3 Å². The molecule has 0 heterocycles. The standard InChI is InChI=1S/C13H17BrN2O3/c1-3-13(2,12(18)19)7-16-10-5-4-8(11(15)17)6-9(10)14/h4-6,16H,3,7H2,1-2H3,(H2,15,17)(H,18,19). The molecule has 0 spiro atoms. The van der Waals surface area contributed by atoms with E-state index >= 15 is 0 Å². The Bertz CT molecular complexity index is 505. The number of amides is 1. The van der Waals surface area contributed by atoms with Gasteiger partial charge in [-0.25, -0.2) is 0 Å². The zero-order valence-corrected chi connectivity index (χ0v) is 12.5. The molecule has 0 saturated heterocycles. The lowest BCUT2D eigenvalue weighted by Crippen LogP contribution is -2.34. The molecular weight excluding hydrogens is 312 g/mol. The summed E-state index contributed by atoms with van der Waals surface area (Å²) >= 11 is 3.32. The highest BCUT2D eigenvalue weighted by Gasteiger charge is 2.30. The maximum Gasteiger partial charge on any atom is 0.311 e. The van der Waals surface area contributed by atoms with E-state index in [9.17, 15) is 14.7 Å². The summed E-state index contributed by atoms with van der Waals surface area (Å²) in [6.45, 7) is 3.82. The van der Waals surface area contributed by atoms with Crippen molar-refractivity contribution in [2.24, 2.45) is 11.1 Å². The van der Waals surface area contributed by atoms with Crippen molar-refractivity contribution in [1.29, 1.82) is 0 Å². The van der Waals surface area contributed by atoms with Crippen molar-refractivity contribution in [2.45, 2.75) is 20.3 Å². The molecule has 1 aromatic rings. The Morgan fingerprint density at radius 2 is 2.11 bits per heavy atom. The molecule has 1 amide bonds. The Kier molecular flexibility index (Phi) is 4.94. The Morgan fingerprint density at radius 1 is 1.47 bits per heavy atom. The Labute approximate surface area is 120 Å². The molecule has 1 unspecified atom stereocenters. The van der Waals surface area contributed by atoms with Crippen LogP contribution in [0.25, 0.3) is 0 Å². The molecule has 1 aromatic carbocycles. The van der Waals surface area contributed by atoms with E-state index in [0.29, 0.717) is 23.0 Å². The van der Waals surface area contributed by atoms with Gasteiger partial charge in [0.25, 0.3) is 0 Å². The van der Waals surface area contributed by atoms with Crippen molar-refractivity contribution < 1.29 is 14.7 Å². The van der Waals surface area contributed by atoms with Crippen LogP contribution in [0.3, 0.4) is 0 Å². The van der Waals surface area contributed by atoms with Gasteiger partial charge in [-0.05, 0) is 47.5 Å². The molecule has 0 fully saturated rings. The summed E-state index contributed by atoms with van der Waals surface area (Å²) in [7, 11) is 0. The van der Waals surface area contributed by atoms with E-state index in [-0.39, 0.29) is 0 Å². The zero-order chi connectivity index (χ0) is 14.6. The number of rotatable bonds is 6. The molecule has 0 aliphatic rings. The van der Waals surface area contributed by atoms with Gasteiger partial charge in [0.2, 0.25) is 5.91 Å².